The molecule has 0 N–H and O–H groups in total. The van der Waals surface area contributed by atoms with E-state index in [1.165, 1.54) is 23.6 Å². The van der Waals surface area contributed by atoms with Crippen molar-refractivity contribution in [1.82, 2.24) is 0 Å². The van der Waals surface area contributed by atoms with Crippen molar-refractivity contribution in [3.05, 3.63) is 95.1 Å². The Morgan fingerprint density at radius 1 is 0.618 bits per heavy atom. The number of nitrogens with zero attached hydrogens (tertiary/aromatic N) is 2. The molecule has 0 bridgehead atoms. The first-order valence-corrected chi connectivity index (χ1v) is 10.7. The normalized spacial score (nSPS) is 19.0. The molecule has 5 rings (SSSR count). The van der Waals surface area contributed by atoms with E-state index < -0.39 is 24.4 Å². The van der Waals surface area contributed by atoms with Gasteiger partial charge in [0.15, 0.2) is 0 Å². The first-order valence-electron chi connectivity index (χ1n) is 10.7. The highest BCUT2D eigenvalue weighted by molar-refractivity contribution is 6.05. The monoisotopic (exact) mass is 456 g/mol. The minimum Gasteiger partial charge on any atom is -0.433 e. The predicted molar refractivity (Wildman–Crippen MR) is 122 cm³/mol. The zero-order valence-corrected chi connectivity index (χ0v) is 18.4. The van der Waals surface area contributed by atoms with Gasteiger partial charge in [-0.2, -0.15) is 0 Å². The van der Waals surface area contributed by atoms with Gasteiger partial charge < -0.3 is 9.47 Å². The van der Waals surface area contributed by atoms with Gasteiger partial charge in [-0.05, 0) is 24.3 Å². The molecular formula is C26H20N2O6. The van der Waals surface area contributed by atoms with Gasteiger partial charge in [0.1, 0.15) is 0 Å². The number of anilines is 2. The first-order chi connectivity index (χ1) is 16.4. The third-order valence-electron chi connectivity index (χ3n) is 5.86. The number of ether oxygens (including phenoxy) is 2. The Labute approximate surface area is 195 Å². The van der Waals surface area contributed by atoms with Gasteiger partial charge in [-0.1, -0.05) is 48.5 Å². The summed E-state index contributed by atoms with van der Waals surface area (Å²) in [5.74, 6) is -1.62. The molecule has 0 aromatic heterocycles. The number of rotatable bonds is 2. The standard InChI is InChI=1S/C26H20N2O6/c1-15(29)27-21-9-5-3-7-19(21)25(31)33-23(27)17-11-13-18(14-12-17)24-28(16(2)30)22-10-6-4-8-20(22)26(32)34-24/h3-14,23-24H,1-2H3. The minimum atomic E-state index is -0.951. The van der Waals surface area contributed by atoms with Crippen LogP contribution in [-0.4, -0.2) is 23.8 Å². The van der Waals surface area contributed by atoms with Crippen LogP contribution in [0.4, 0.5) is 11.4 Å². The number of amides is 2. The molecule has 2 unspecified atom stereocenters. The molecule has 0 saturated heterocycles. The lowest BCUT2D eigenvalue weighted by molar-refractivity contribution is -0.119. The molecule has 3 aromatic rings. The topological polar surface area (TPSA) is 93.2 Å². The average Bonchev–Trinajstić information content (AvgIpc) is 2.83. The van der Waals surface area contributed by atoms with Crippen LogP contribution in [0.1, 0.15) is 58.1 Å². The van der Waals surface area contributed by atoms with E-state index in [1.807, 2.05) is 0 Å². The number of carbonyl (C=O) groups is 4. The van der Waals surface area contributed by atoms with Crippen LogP contribution < -0.4 is 9.80 Å². The molecule has 170 valence electrons. The van der Waals surface area contributed by atoms with Crippen molar-refractivity contribution in [3.63, 3.8) is 0 Å². The van der Waals surface area contributed by atoms with Crippen molar-refractivity contribution in [2.24, 2.45) is 0 Å². The van der Waals surface area contributed by atoms with Gasteiger partial charge >= 0.3 is 11.9 Å². The minimum absolute atomic E-state index is 0.283. The number of fused-ring (bicyclic) bond motifs is 2. The van der Waals surface area contributed by atoms with E-state index in [1.54, 1.807) is 72.8 Å². The number of hydrogen-bond donors (Lipinski definition) is 0. The highest BCUT2D eigenvalue weighted by Crippen LogP contribution is 2.39. The number of carbonyl (C=O) groups excluding carboxylic acids is 4. The molecule has 34 heavy (non-hydrogen) atoms. The van der Waals surface area contributed by atoms with Gasteiger partial charge in [-0.3, -0.25) is 19.4 Å². The summed E-state index contributed by atoms with van der Waals surface area (Å²) in [5.41, 5.74) is 2.69. The first kappa shape index (κ1) is 21.4. The van der Waals surface area contributed by atoms with E-state index in [2.05, 4.69) is 0 Å². The summed E-state index contributed by atoms with van der Waals surface area (Å²) in [4.78, 5) is 52.9. The van der Waals surface area contributed by atoms with Crippen LogP contribution in [0.15, 0.2) is 72.8 Å². The van der Waals surface area contributed by atoms with Gasteiger partial charge in [0.25, 0.3) is 0 Å². The molecule has 0 aliphatic carbocycles. The second kappa shape index (κ2) is 8.15. The van der Waals surface area contributed by atoms with Crippen molar-refractivity contribution in [1.29, 1.82) is 0 Å². The van der Waals surface area contributed by atoms with Crippen LogP contribution in [0.3, 0.4) is 0 Å². The molecule has 0 radical (unpaired) electrons. The lowest BCUT2D eigenvalue weighted by atomic mass is 10.0. The van der Waals surface area contributed by atoms with E-state index in [-0.39, 0.29) is 11.8 Å². The fourth-order valence-corrected chi connectivity index (χ4v) is 4.33. The highest BCUT2D eigenvalue weighted by Gasteiger charge is 2.38. The Morgan fingerprint density at radius 2 is 0.971 bits per heavy atom. The van der Waals surface area contributed by atoms with Crippen molar-refractivity contribution in [3.8, 4) is 0 Å². The van der Waals surface area contributed by atoms with Gasteiger partial charge in [0.2, 0.25) is 24.3 Å². The van der Waals surface area contributed by atoms with Gasteiger partial charge in [-0.25, -0.2) is 9.59 Å². The Kier molecular flexibility index (Phi) is 5.13. The molecule has 0 spiro atoms. The van der Waals surface area contributed by atoms with E-state index in [9.17, 15) is 19.2 Å². The van der Waals surface area contributed by atoms with Crippen molar-refractivity contribution < 1.29 is 28.7 Å². The summed E-state index contributed by atoms with van der Waals surface area (Å²) >= 11 is 0. The maximum absolute atomic E-state index is 12.6. The number of benzene rings is 3. The van der Waals surface area contributed by atoms with Crippen LogP contribution in [0.25, 0.3) is 0 Å². The summed E-state index contributed by atoms with van der Waals surface area (Å²) in [6, 6.07) is 20.3. The van der Waals surface area contributed by atoms with Crippen LogP contribution in [0.2, 0.25) is 0 Å². The molecule has 0 saturated carbocycles. The molecule has 3 aromatic carbocycles. The van der Waals surface area contributed by atoms with E-state index in [0.717, 1.165) is 0 Å². The summed E-state index contributed by atoms with van der Waals surface area (Å²) < 4.78 is 11.2. The Morgan fingerprint density at radius 3 is 1.32 bits per heavy atom. The van der Waals surface area contributed by atoms with Gasteiger partial charge in [0, 0.05) is 25.0 Å². The largest absolute Gasteiger partial charge is 0.433 e. The Balaban J connectivity index is 1.51. The molecule has 2 amide bonds. The summed E-state index contributed by atoms with van der Waals surface area (Å²) in [5, 5.41) is 0. The fourth-order valence-electron chi connectivity index (χ4n) is 4.33. The van der Waals surface area contributed by atoms with E-state index in [0.29, 0.717) is 33.6 Å². The lowest BCUT2D eigenvalue weighted by Gasteiger charge is -2.37. The molecule has 8 heteroatoms. The maximum Gasteiger partial charge on any atom is 0.342 e. The molecule has 2 heterocycles. The van der Waals surface area contributed by atoms with Crippen LogP contribution in [0.5, 0.6) is 0 Å². The van der Waals surface area contributed by atoms with Crippen molar-refractivity contribution >= 4 is 35.1 Å². The highest BCUT2D eigenvalue weighted by atomic mass is 16.6. The fraction of sp³-hybridized carbons (Fsp3) is 0.154. The Bertz CT molecular complexity index is 1230. The molecule has 2 aliphatic heterocycles. The second-order valence-corrected chi connectivity index (χ2v) is 7.99. The summed E-state index contributed by atoms with van der Waals surface area (Å²) in [6.45, 7) is 2.81. The molecule has 2 atom stereocenters. The smallest absolute Gasteiger partial charge is 0.342 e. The SMILES string of the molecule is CC(=O)N1c2ccccc2C(=O)OC1c1ccc(C2OC(=O)c3ccccc3N2C(C)=O)cc1. The Hall–Kier alpha value is -4.46. The molecule has 0 fully saturated rings. The molecular weight excluding hydrogens is 436 g/mol. The summed E-state index contributed by atoms with van der Waals surface area (Å²) in [6.07, 6.45) is -1.90. The summed E-state index contributed by atoms with van der Waals surface area (Å²) in [7, 11) is 0. The number of cyclic esters (lactones) is 2. The average molecular weight is 456 g/mol. The zero-order chi connectivity index (χ0) is 24.0. The van der Waals surface area contributed by atoms with E-state index >= 15 is 0 Å². The number of esters is 2. The van der Waals surface area contributed by atoms with Crippen LogP contribution in [-0.2, 0) is 19.1 Å². The second-order valence-electron chi connectivity index (χ2n) is 7.99. The maximum atomic E-state index is 12.6. The molecule has 8 nitrogen and oxygen atoms in total. The van der Waals surface area contributed by atoms with Gasteiger partial charge in [0.05, 0.1) is 22.5 Å². The lowest BCUT2D eigenvalue weighted by Crippen LogP contribution is -2.41. The third-order valence-corrected chi connectivity index (χ3v) is 5.86. The molecule has 2 aliphatic rings. The van der Waals surface area contributed by atoms with Crippen molar-refractivity contribution in [2.75, 3.05) is 9.80 Å². The van der Waals surface area contributed by atoms with Crippen LogP contribution in [0, 0.1) is 0 Å². The van der Waals surface area contributed by atoms with E-state index in [4.69, 9.17) is 9.47 Å². The predicted octanol–water partition coefficient (Wildman–Crippen LogP) is 4.13. The quantitative estimate of drug-likeness (QED) is 0.539. The number of hydrogen-bond acceptors (Lipinski definition) is 6. The van der Waals surface area contributed by atoms with Crippen LogP contribution >= 0.6 is 0 Å². The zero-order valence-electron chi connectivity index (χ0n) is 18.4. The van der Waals surface area contributed by atoms with Gasteiger partial charge in [-0.15, -0.1) is 0 Å². The number of para-hydroxylation sites is 2. The third kappa shape index (κ3) is 3.40. The van der Waals surface area contributed by atoms with Crippen molar-refractivity contribution in [2.45, 2.75) is 26.3 Å².